The highest BCUT2D eigenvalue weighted by Gasteiger charge is 2.77. The van der Waals surface area contributed by atoms with Crippen LogP contribution in [-0.2, 0) is 23.9 Å². The summed E-state index contributed by atoms with van der Waals surface area (Å²) in [5, 5.41) is 16.1. The molecule has 3 amide bonds. The first-order valence-electron chi connectivity index (χ1n) is 12.5. The van der Waals surface area contributed by atoms with E-state index in [0.29, 0.717) is 32.7 Å². The van der Waals surface area contributed by atoms with Crippen molar-refractivity contribution in [2.75, 3.05) is 53.0 Å². The van der Waals surface area contributed by atoms with Gasteiger partial charge in [-0.25, -0.2) is 0 Å². The van der Waals surface area contributed by atoms with Crippen LogP contribution >= 0.6 is 15.9 Å². The maximum absolute atomic E-state index is 14.1. The minimum absolute atomic E-state index is 0.170. The summed E-state index contributed by atoms with van der Waals surface area (Å²) in [6.07, 6.45) is -0.0824. The van der Waals surface area contributed by atoms with E-state index in [1.165, 1.54) is 11.9 Å². The Labute approximate surface area is 218 Å². The monoisotopic (exact) mass is 564 g/mol. The van der Waals surface area contributed by atoms with Gasteiger partial charge < -0.3 is 30.1 Å². The van der Waals surface area contributed by atoms with Crippen molar-refractivity contribution in [1.82, 2.24) is 20.4 Å². The number of amides is 3. The molecule has 0 saturated carbocycles. The number of rotatable bonds is 8. The second-order valence-corrected chi connectivity index (χ2v) is 11.1. The van der Waals surface area contributed by atoms with Crippen molar-refractivity contribution in [1.29, 1.82) is 0 Å². The van der Waals surface area contributed by atoms with E-state index in [1.54, 1.807) is 0 Å². The Balaban J connectivity index is 1.47. The molecule has 5 rings (SSSR count). The number of fused-ring (bicyclic) bond motifs is 1. The van der Waals surface area contributed by atoms with E-state index in [4.69, 9.17) is 9.47 Å². The molecule has 1 aromatic rings. The molecule has 4 aliphatic rings. The zero-order valence-corrected chi connectivity index (χ0v) is 21.9. The molecule has 0 radical (unpaired) electrons. The highest BCUT2D eigenvalue weighted by atomic mass is 79.9. The number of hydrogen-bond donors (Lipinski definition) is 3. The number of ether oxygens (including phenoxy) is 2. The fourth-order valence-electron chi connectivity index (χ4n) is 6.46. The van der Waals surface area contributed by atoms with Gasteiger partial charge in [0.15, 0.2) is 0 Å². The molecule has 4 heterocycles. The number of aliphatic hydroxyl groups excluding tert-OH is 1. The van der Waals surface area contributed by atoms with Crippen LogP contribution in [0.4, 0.5) is 0 Å². The minimum atomic E-state index is -1.15. The SMILES string of the molecule is CNC(=O)[C@H]1[C@H]2C(=O)N([C@H](CO)c3ccccc3)C(C(=O)NCCN3CCOCC3)C23CC(Br)[C@@H]1O3. The van der Waals surface area contributed by atoms with Gasteiger partial charge in [-0.3, -0.25) is 19.3 Å². The predicted octanol–water partition coefficient (Wildman–Crippen LogP) is -0.338. The first kappa shape index (κ1) is 25.6. The molecule has 7 atom stereocenters. The number of carbonyl (C=O) groups is 3. The lowest BCUT2D eigenvalue weighted by Gasteiger charge is -2.37. The molecule has 10 nitrogen and oxygen atoms in total. The fraction of sp³-hybridized carbons (Fsp3) is 0.640. The number of halogens is 1. The number of carbonyl (C=O) groups excluding carboxylic acids is 3. The summed E-state index contributed by atoms with van der Waals surface area (Å²) in [5.41, 5.74) is -0.435. The van der Waals surface area contributed by atoms with E-state index in [9.17, 15) is 19.5 Å². The Morgan fingerprint density at radius 3 is 2.61 bits per heavy atom. The number of likely N-dealkylation sites (tertiary alicyclic amines) is 1. The molecular formula is C25H33BrN4O6. The lowest BCUT2D eigenvalue weighted by molar-refractivity contribution is -0.145. The van der Waals surface area contributed by atoms with Crippen LogP contribution in [-0.4, -0.2) is 108 Å². The quantitative estimate of drug-likeness (QED) is 0.369. The predicted molar refractivity (Wildman–Crippen MR) is 133 cm³/mol. The fourth-order valence-corrected chi connectivity index (χ4v) is 7.40. The van der Waals surface area contributed by atoms with Crippen molar-refractivity contribution in [2.24, 2.45) is 11.8 Å². The molecule has 4 saturated heterocycles. The van der Waals surface area contributed by atoms with Crippen LogP contribution in [0.5, 0.6) is 0 Å². The number of nitrogens with zero attached hydrogens (tertiary/aromatic N) is 2. The van der Waals surface area contributed by atoms with E-state index < -0.39 is 35.6 Å². The third-order valence-corrected chi connectivity index (χ3v) is 8.89. The van der Waals surface area contributed by atoms with Crippen molar-refractivity contribution in [3.8, 4) is 0 Å². The van der Waals surface area contributed by atoms with Crippen molar-refractivity contribution < 1.29 is 29.0 Å². The van der Waals surface area contributed by atoms with Gasteiger partial charge >= 0.3 is 0 Å². The summed E-state index contributed by atoms with van der Waals surface area (Å²) in [6.45, 7) is 3.67. The summed E-state index contributed by atoms with van der Waals surface area (Å²) < 4.78 is 11.8. The van der Waals surface area contributed by atoms with Crippen LogP contribution in [0, 0.1) is 11.8 Å². The Morgan fingerprint density at radius 1 is 1.22 bits per heavy atom. The van der Waals surface area contributed by atoms with Gasteiger partial charge in [-0.05, 0) is 12.0 Å². The molecule has 0 aromatic heterocycles. The van der Waals surface area contributed by atoms with Gasteiger partial charge in [0.2, 0.25) is 17.7 Å². The largest absolute Gasteiger partial charge is 0.394 e. The lowest BCUT2D eigenvalue weighted by Crippen LogP contribution is -2.57. The molecule has 36 heavy (non-hydrogen) atoms. The molecule has 0 aliphatic carbocycles. The van der Waals surface area contributed by atoms with Crippen LogP contribution in [0.1, 0.15) is 18.0 Å². The van der Waals surface area contributed by atoms with Gasteiger partial charge in [0.1, 0.15) is 11.6 Å². The molecule has 11 heteroatoms. The normalized spacial score (nSPS) is 34.5. The average Bonchev–Trinajstić information content (AvgIpc) is 3.49. The number of alkyl halides is 1. The maximum Gasteiger partial charge on any atom is 0.245 e. The summed E-state index contributed by atoms with van der Waals surface area (Å²) in [4.78, 5) is 44.4. The van der Waals surface area contributed by atoms with Gasteiger partial charge in [0, 0.05) is 38.1 Å². The van der Waals surface area contributed by atoms with Crippen LogP contribution in [0.3, 0.4) is 0 Å². The third-order valence-electron chi connectivity index (χ3n) is 8.05. The smallest absolute Gasteiger partial charge is 0.245 e. The van der Waals surface area contributed by atoms with Crippen molar-refractivity contribution in [3.05, 3.63) is 35.9 Å². The van der Waals surface area contributed by atoms with Crippen LogP contribution in [0.15, 0.2) is 30.3 Å². The number of aliphatic hydroxyl groups is 1. The second-order valence-electron chi connectivity index (χ2n) is 9.88. The number of nitrogens with one attached hydrogen (secondary N) is 2. The number of morpholine rings is 1. The van der Waals surface area contributed by atoms with Gasteiger partial charge in [-0.15, -0.1) is 0 Å². The van der Waals surface area contributed by atoms with Gasteiger partial charge in [0.05, 0.1) is 43.8 Å². The second kappa shape index (κ2) is 10.4. The van der Waals surface area contributed by atoms with E-state index in [0.717, 1.165) is 18.7 Å². The van der Waals surface area contributed by atoms with E-state index in [-0.39, 0.29) is 29.2 Å². The Bertz CT molecular complexity index is 992. The van der Waals surface area contributed by atoms with Crippen molar-refractivity contribution >= 4 is 33.7 Å². The van der Waals surface area contributed by atoms with Gasteiger partial charge in [-0.2, -0.15) is 0 Å². The molecule has 1 aromatic carbocycles. The molecule has 4 fully saturated rings. The molecular weight excluding hydrogens is 532 g/mol. The van der Waals surface area contributed by atoms with E-state index in [2.05, 4.69) is 31.5 Å². The summed E-state index contributed by atoms with van der Waals surface area (Å²) in [6, 6.07) is 7.46. The standard InChI is InChI=1S/C25H33BrN4O6/c1-27-22(32)18-19-24(34)30(17(14-31)15-5-3-2-4-6-15)21(25(19)13-16(26)20(18)36-25)23(33)28-7-8-29-9-11-35-12-10-29/h2-6,16-21,31H,7-14H2,1H3,(H,27,32)(H,28,33)/t16?,17-,18+,19+,20+,21?,25?/m1/s1. The number of hydrogen-bond acceptors (Lipinski definition) is 7. The first-order valence-corrected chi connectivity index (χ1v) is 13.4. The first-order chi connectivity index (χ1) is 17.4. The summed E-state index contributed by atoms with van der Waals surface area (Å²) in [7, 11) is 1.54. The van der Waals surface area contributed by atoms with Crippen molar-refractivity contribution in [3.63, 3.8) is 0 Å². The Morgan fingerprint density at radius 2 is 1.94 bits per heavy atom. The average molecular weight is 565 g/mol. The van der Waals surface area contributed by atoms with Crippen LogP contribution in [0.2, 0.25) is 0 Å². The molecule has 4 aliphatic heterocycles. The Kier molecular flexibility index (Phi) is 7.37. The van der Waals surface area contributed by atoms with Gasteiger partial charge in [0.25, 0.3) is 0 Å². The minimum Gasteiger partial charge on any atom is -0.394 e. The highest BCUT2D eigenvalue weighted by Crippen LogP contribution is 2.61. The maximum atomic E-state index is 14.1. The molecule has 3 N–H and O–H groups in total. The molecule has 2 bridgehead atoms. The van der Waals surface area contributed by atoms with Gasteiger partial charge in [-0.1, -0.05) is 46.3 Å². The topological polar surface area (TPSA) is 120 Å². The zero-order valence-electron chi connectivity index (χ0n) is 20.3. The highest BCUT2D eigenvalue weighted by molar-refractivity contribution is 9.09. The zero-order chi connectivity index (χ0) is 25.4. The van der Waals surface area contributed by atoms with Crippen LogP contribution in [0.25, 0.3) is 0 Å². The Hall–Kier alpha value is -2.05. The summed E-state index contributed by atoms with van der Waals surface area (Å²) >= 11 is 3.65. The van der Waals surface area contributed by atoms with Crippen LogP contribution < -0.4 is 10.6 Å². The molecule has 196 valence electrons. The van der Waals surface area contributed by atoms with Crippen molar-refractivity contribution in [2.45, 2.75) is 35.0 Å². The molecule has 1 spiro atoms. The number of benzene rings is 1. The van der Waals surface area contributed by atoms with E-state index in [1.807, 2.05) is 30.3 Å². The van der Waals surface area contributed by atoms with E-state index >= 15 is 0 Å². The lowest BCUT2D eigenvalue weighted by atomic mass is 9.70. The molecule has 3 unspecified atom stereocenters. The summed E-state index contributed by atoms with van der Waals surface area (Å²) in [5.74, 6) is -2.46. The third kappa shape index (κ3) is 4.14.